The second-order valence-corrected chi connectivity index (χ2v) is 2.89. The van der Waals surface area contributed by atoms with E-state index >= 15 is 0 Å². The molecule has 0 aliphatic heterocycles. The molecule has 0 fully saturated rings. The zero-order valence-electron chi connectivity index (χ0n) is 6.67. The van der Waals surface area contributed by atoms with Crippen LogP contribution in [-0.4, -0.2) is 11.2 Å². The average molecular weight is 187 g/mol. The van der Waals surface area contributed by atoms with Crippen molar-refractivity contribution in [3.63, 3.8) is 0 Å². The molecule has 0 aliphatic carbocycles. The summed E-state index contributed by atoms with van der Waals surface area (Å²) >= 11 is 5.57. The van der Waals surface area contributed by atoms with E-state index in [1.54, 1.807) is 0 Å². The van der Waals surface area contributed by atoms with E-state index in [-0.39, 0.29) is 16.8 Å². The van der Waals surface area contributed by atoms with Crippen LogP contribution in [0.5, 0.6) is 0 Å². The Balaban J connectivity index is 3.21. The number of nitrogens with zero attached hydrogens (tertiary/aromatic N) is 2. The Labute approximate surface area is 74.2 Å². The number of hydrogen-bond donors (Lipinski definition) is 0. The van der Waals surface area contributed by atoms with Gasteiger partial charge >= 0.3 is 0 Å². The Kier molecular flexibility index (Phi) is 2.63. The molecule has 64 valence electrons. The molecule has 0 aliphatic rings. The standard InChI is InChI=1S/C7H7ClN2O2/c1-4(2)5-6(9-3-11)7(8)12-10-5/h4H,1-2H3. The Morgan fingerprint density at radius 3 is 2.83 bits per heavy atom. The lowest BCUT2D eigenvalue weighted by Gasteiger charge is -1.96. The minimum Gasteiger partial charge on any atom is -0.342 e. The van der Waals surface area contributed by atoms with Crippen LogP contribution in [0.15, 0.2) is 9.52 Å². The summed E-state index contributed by atoms with van der Waals surface area (Å²) in [6.07, 6.45) is 1.40. The summed E-state index contributed by atoms with van der Waals surface area (Å²) in [4.78, 5) is 13.4. The lowest BCUT2D eigenvalue weighted by Crippen LogP contribution is -1.86. The molecule has 5 heteroatoms. The maximum atomic E-state index is 9.98. The van der Waals surface area contributed by atoms with E-state index in [0.29, 0.717) is 5.69 Å². The van der Waals surface area contributed by atoms with Crippen molar-refractivity contribution in [1.82, 2.24) is 5.16 Å². The molecule has 0 aromatic carbocycles. The van der Waals surface area contributed by atoms with Gasteiger partial charge < -0.3 is 4.52 Å². The summed E-state index contributed by atoms with van der Waals surface area (Å²) in [5.74, 6) is 0.119. The Morgan fingerprint density at radius 1 is 1.67 bits per heavy atom. The van der Waals surface area contributed by atoms with Gasteiger partial charge in [-0.3, -0.25) is 0 Å². The molecule has 1 aromatic rings. The summed E-state index contributed by atoms with van der Waals surface area (Å²) in [5.41, 5.74) is 0.852. The van der Waals surface area contributed by atoms with Crippen molar-refractivity contribution in [2.75, 3.05) is 0 Å². The smallest absolute Gasteiger partial charge is 0.252 e. The molecule has 12 heavy (non-hydrogen) atoms. The van der Waals surface area contributed by atoms with Crippen molar-refractivity contribution in [1.29, 1.82) is 0 Å². The second kappa shape index (κ2) is 3.52. The van der Waals surface area contributed by atoms with Gasteiger partial charge in [0.15, 0.2) is 5.69 Å². The quantitative estimate of drug-likeness (QED) is 0.527. The zero-order chi connectivity index (χ0) is 9.14. The van der Waals surface area contributed by atoms with Gasteiger partial charge in [0.1, 0.15) is 5.69 Å². The fourth-order valence-electron chi connectivity index (χ4n) is 0.802. The third-order valence-electron chi connectivity index (χ3n) is 1.36. The number of hydrogen-bond acceptors (Lipinski definition) is 4. The molecule has 4 nitrogen and oxygen atoms in total. The van der Waals surface area contributed by atoms with E-state index < -0.39 is 0 Å². The maximum Gasteiger partial charge on any atom is 0.252 e. The van der Waals surface area contributed by atoms with Crippen LogP contribution in [-0.2, 0) is 4.79 Å². The average Bonchev–Trinajstić information content (AvgIpc) is 2.34. The van der Waals surface area contributed by atoms with E-state index in [1.165, 1.54) is 6.08 Å². The Bertz CT molecular complexity index is 326. The zero-order valence-corrected chi connectivity index (χ0v) is 7.42. The molecular formula is C7H7ClN2O2. The SMILES string of the molecule is CC(C)c1noc(Cl)c1N=C=O. The van der Waals surface area contributed by atoms with Gasteiger partial charge in [0.25, 0.3) is 5.22 Å². The fraction of sp³-hybridized carbons (Fsp3) is 0.429. The van der Waals surface area contributed by atoms with E-state index in [2.05, 4.69) is 14.7 Å². The number of halogens is 1. The second-order valence-electron chi connectivity index (χ2n) is 2.55. The van der Waals surface area contributed by atoms with Crippen molar-refractivity contribution in [2.45, 2.75) is 19.8 Å². The molecule has 1 rings (SSSR count). The molecule has 1 aromatic heterocycles. The molecule has 1 heterocycles. The molecule has 0 saturated heterocycles. The van der Waals surface area contributed by atoms with Crippen molar-refractivity contribution in [3.05, 3.63) is 10.9 Å². The summed E-state index contributed by atoms with van der Waals surface area (Å²) < 4.78 is 4.65. The van der Waals surface area contributed by atoms with Gasteiger partial charge in [-0.2, -0.15) is 4.99 Å². The van der Waals surface area contributed by atoms with Gasteiger partial charge in [-0.05, 0) is 11.6 Å². The third kappa shape index (κ3) is 1.55. The Morgan fingerprint density at radius 2 is 2.33 bits per heavy atom. The van der Waals surface area contributed by atoms with Crippen molar-refractivity contribution in [3.8, 4) is 0 Å². The summed E-state index contributed by atoms with van der Waals surface area (Å²) in [6, 6.07) is 0. The van der Waals surface area contributed by atoms with Crippen LogP contribution in [0.3, 0.4) is 0 Å². The van der Waals surface area contributed by atoms with Gasteiger partial charge in [-0.1, -0.05) is 19.0 Å². The predicted molar refractivity (Wildman–Crippen MR) is 43.4 cm³/mol. The van der Waals surface area contributed by atoms with Gasteiger partial charge in [0.2, 0.25) is 6.08 Å². The number of isocyanates is 1. The first-order chi connectivity index (χ1) is 5.66. The van der Waals surface area contributed by atoms with Crippen LogP contribution < -0.4 is 0 Å². The van der Waals surface area contributed by atoms with Gasteiger partial charge in [-0.15, -0.1) is 0 Å². The summed E-state index contributed by atoms with van der Waals surface area (Å²) in [6.45, 7) is 3.80. The highest BCUT2D eigenvalue weighted by molar-refractivity contribution is 6.31. The van der Waals surface area contributed by atoms with Crippen LogP contribution in [0.25, 0.3) is 0 Å². The monoisotopic (exact) mass is 186 g/mol. The highest BCUT2D eigenvalue weighted by Crippen LogP contribution is 2.32. The summed E-state index contributed by atoms with van der Waals surface area (Å²) in [5, 5.41) is 3.68. The normalized spacial score (nSPS) is 10.0. The molecule has 0 amide bonds. The first-order valence-electron chi connectivity index (χ1n) is 3.39. The predicted octanol–water partition coefficient (Wildman–Crippen LogP) is 2.42. The minimum atomic E-state index is 0.0297. The maximum absolute atomic E-state index is 9.98. The van der Waals surface area contributed by atoms with Crippen LogP contribution in [0, 0.1) is 0 Å². The van der Waals surface area contributed by atoms with E-state index in [4.69, 9.17) is 11.6 Å². The first-order valence-corrected chi connectivity index (χ1v) is 3.77. The third-order valence-corrected chi connectivity index (χ3v) is 1.61. The molecule has 0 radical (unpaired) electrons. The highest BCUT2D eigenvalue weighted by atomic mass is 35.5. The number of aromatic nitrogens is 1. The molecule has 0 bridgehead atoms. The molecule has 0 atom stereocenters. The van der Waals surface area contributed by atoms with Crippen molar-refractivity contribution >= 4 is 23.4 Å². The Hall–Kier alpha value is -1.12. The molecular weight excluding hydrogens is 180 g/mol. The number of aliphatic imine (C=N–C) groups is 1. The van der Waals surface area contributed by atoms with Crippen molar-refractivity contribution in [2.24, 2.45) is 4.99 Å². The van der Waals surface area contributed by atoms with E-state index in [1.807, 2.05) is 13.8 Å². The lowest BCUT2D eigenvalue weighted by atomic mass is 10.1. The van der Waals surface area contributed by atoms with Gasteiger partial charge in [-0.25, -0.2) is 4.79 Å². The first kappa shape index (κ1) is 8.97. The molecule has 0 N–H and O–H groups in total. The lowest BCUT2D eigenvalue weighted by molar-refractivity contribution is 0.410. The summed E-state index contributed by atoms with van der Waals surface area (Å²) in [7, 11) is 0. The van der Waals surface area contributed by atoms with Crippen LogP contribution in [0.4, 0.5) is 5.69 Å². The number of rotatable bonds is 2. The molecule has 0 saturated carbocycles. The van der Waals surface area contributed by atoms with E-state index in [9.17, 15) is 4.79 Å². The topological polar surface area (TPSA) is 55.5 Å². The number of carbonyl (C=O) groups excluding carboxylic acids is 1. The van der Waals surface area contributed by atoms with Crippen LogP contribution in [0.2, 0.25) is 5.22 Å². The molecule has 0 spiro atoms. The van der Waals surface area contributed by atoms with Gasteiger partial charge in [0.05, 0.1) is 0 Å². The fourth-order valence-corrected chi connectivity index (χ4v) is 0.976. The highest BCUT2D eigenvalue weighted by Gasteiger charge is 2.16. The van der Waals surface area contributed by atoms with Crippen molar-refractivity contribution < 1.29 is 9.32 Å². The van der Waals surface area contributed by atoms with Crippen LogP contribution in [0.1, 0.15) is 25.5 Å². The van der Waals surface area contributed by atoms with E-state index in [0.717, 1.165) is 0 Å². The molecule has 0 unspecified atom stereocenters. The minimum absolute atomic E-state index is 0.0297. The largest absolute Gasteiger partial charge is 0.342 e. The van der Waals surface area contributed by atoms with Gasteiger partial charge in [0, 0.05) is 5.92 Å². The van der Waals surface area contributed by atoms with Crippen LogP contribution >= 0.6 is 11.6 Å².